The molecule has 18 heavy (non-hydrogen) atoms. The minimum atomic E-state index is -0.370. The van der Waals surface area contributed by atoms with Crippen LogP contribution < -0.4 is 0 Å². The summed E-state index contributed by atoms with van der Waals surface area (Å²) in [6.07, 6.45) is 2.83. The number of hydrogen-bond donors (Lipinski definition) is 1. The number of aliphatic hydroxyl groups excluding tert-OH is 1. The molecule has 1 amide bonds. The zero-order chi connectivity index (χ0) is 12.5. The van der Waals surface area contributed by atoms with E-state index in [2.05, 4.69) is 10.2 Å². The summed E-state index contributed by atoms with van der Waals surface area (Å²) >= 11 is 0. The third-order valence-corrected chi connectivity index (χ3v) is 2.98. The van der Waals surface area contributed by atoms with Crippen LogP contribution in [0.2, 0.25) is 0 Å². The monoisotopic (exact) mass is 244 g/mol. The van der Waals surface area contributed by atoms with Gasteiger partial charge in [0, 0.05) is 24.3 Å². The molecule has 3 rings (SSSR count). The van der Waals surface area contributed by atoms with E-state index in [0.29, 0.717) is 18.7 Å². The van der Waals surface area contributed by atoms with E-state index in [0.717, 1.165) is 5.69 Å². The number of hydrogen-bond acceptors (Lipinski definition) is 4. The van der Waals surface area contributed by atoms with Gasteiger partial charge >= 0.3 is 0 Å². The molecule has 1 N–H and O–H groups in total. The number of aromatic nitrogens is 3. The molecule has 0 spiro atoms. The molecule has 92 valence electrons. The fourth-order valence-electron chi connectivity index (χ4n) is 1.91. The lowest BCUT2D eigenvalue weighted by atomic mass is 10.1. The van der Waals surface area contributed by atoms with Crippen LogP contribution in [0.5, 0.6) is 0 Å². The number of carbonyl (C=O) groups is 1. The Morgan fingerprint density at radius 1 is 1.17 bits per heavy atom. The van der Waals surface area contributed by atoms with E-state index in [1.807, 2.05) is 12.1 Å². The lowest BCUT2D eigenvalue weighted by molar-refractivity contribution is 0.00589. The second kappa shape index (κ2) is 4.23. The van der Waals surface area contributed by atoms with Gasteiger partial charge in [-0.3, -0.25) is 9.36 Å². The third-order valence-electron chi connectivity index (χ3n) is 2.98. The maximum absolute atomic E-state index is 12.0. The van der Waals surface area contributed by atoms with Gasteiger partial charge in [0.25, 0.3) is 5.91 Å². The van der Waals surface area contributed by atoms with Crippen molar-refractivity contribution >= 4 is 5.91 Å². The smallest absolute Gasteiger partial charge is 0.254 e. The predicted molar refractivity (Wildman–Crippen MR) is 63.3 cm³/mol. The molecule has 0 atom stereocenters. The molecule has 0 aliphatic carbocycles. The minimum absolute atomic E-state index is 0.0457. The maximum Gasteiger partial charge on any atom is 0.254 e. The highest BCUT2D eigenvalue weighted by atomic mass is 16.3. The van der Waals surface area contributed by atoms with Crippen molar-refractivity contribution in [3.63, 3.8) is 0 Å². The molecule has 0 unspecified atom stereocenters. The Labute approximate surface area is 103 Å². The van der Waals surface area contributed by atoms with Gasteiger partial charge in [-0.15, -0.1) is 10.2 Å². The SMILES string of the molecule is O=C(c1ccc(-n2cnnc2)cc1)N1CC(O)C1. The number of rotatable bonds is 2. The third kappa shape index (κ3) is 1.86. The topological polar surface area (TPSA) is 71.2 Å². The zero-order valence-corrected chi connectivity index (χ0v) is 9.60. The van der Waals surface area contributed by atoms with Gasteiger partial charge < -0.3 is 10.0 Å². The highest BCUT2D eigenvalue weighted by Crippen LogP contribution is 2.15. The normalized spacial score (nSPS) is 15.5. The number of benzene rings is 1. The Morgan fingerprint density at radius 2 is 1.78 bits per heavy atom. The van der Waals surface area contributed by atoms with Crippen molar-refractivity contribution in [2.24, 2.45) is 0 Å². The van der Waals surface area contributed by atoms with Gasteiger partial charge in [-0.1, -0.05) is 0 Å². The summed E-state index contributed by atoms with van der Waals surface area (Å²) in [6.45, 7) is 0.845. The van der Waals surface area contributed by atoms with Gasteiger partial charge in [0.05, 0.1) is 6.10 Å². The van der Waals surface area contributed by atoms with E-state index in [4.69, 9.17) is 0 Å². The quantitative estimate of drug-likeness (QED) is 0.812. The van der Waals surface area contributed by atoms with Crippen molar-refractivity contribution in [3.8, 4) is 5.69 Å². The molecule has 1 aliphatic heterocycles. The van der Waals surface area contributed by atoms with Crippen LogP contribution >= 0.6 is 0 Å². The molecule has 1 aromatic heterocycles. The number of nitrogens with zero attached hydrogens (tertiary/aromatic N) is 4. The second-order valence-corrected chi connectivity index (χ2v) is 4.28. The summed E-state index contributed by atoms with van der Waals surface area (Å²) in [5.41, 5.74) is 1.53. The van der Waals surface area contributed by atoms with Crippen LogP contribution in [0, 0.1) is 0 Å². The van der Waals surface area contributed by atoms with E-state index in [1.54, 1.807) is 34.3 Å². The van der Waals surface area contributed by atoms with Crippen molar-refractivity contribution in [3.05, 3.63) is 42.5 Å². The molecular formula is C12H12N4O2. The van der Waals surface area contributed by atoms with Crippen molar-refractivity contribution in [1.29, 1.82) is 0 Å². The van der Waals surface area contributed by atoms with Gasteiger partial charge in [0.1, 0.15) is 12.7 Å². The number of likely N-dealkylation sites (tertiary alicyclic amines) is 1. The highest BCUT2D eigenvalue weighted by molar-refractivity contribution is 5.95. The average Bonchev–Trinajstić information content (AvgIpc) is 2.88. The summed E-state index contributed by atoms with van der Waals surface area (Å²) in [5, 5.41) is 16.6. The lowest BCUT2D eigenvalue weighted by Crippen LogP contribution is -2.53. The number of β-amino-alcohol motifs (C(OH)–C–C–N with tert-alkyl or cyclic N) is 1. The maximum atomic E-state index is 12.0. The van der Waals surface area contributed by atoms with E-state index in [1.165, 1.54) is 0 Å². The van der Waals surface area contributed by atoms with Crippen LogP contribution in [0.4, 0.5) is 0 Å². The minimum Gasteiger partial charge on any atom is -0.389 e. The summed E-state index contributed by atoms with van der Waals surface area (Å²) in [5.74, 6) is -0.0457. The Hall–Kier alpha value is -2.21. The fourth-order valence-corrected chi connectivity index (χ4v) is 1.91. The summed E-state index contributed by atoms with van der Waals surface area (Å²) in [4.78, 5) is 13.6. The standard InChI is InChI=1S/C12H12N4O2/c17-11-5-15(6-11)12(18)9-1-3-10(4-2-9)16-7-13-14-8-16/h1-4,7-8,11,17H,5-6H2. The molecule has 0 radical (unpaired) electrons. The molecule has 1 aliphatic rings. The zero-order valence-electron chi connectivity index (χ0n) is 9.60. The molecule has 1 aromatic carbocycles. The van der Waals surface area contributed by atoms with E-state index in [-0.39, 0.29) is 12.0 Å². The van der Waals surface area contributed by atoms with Gasteiger partial charge in [0.15, 0.2) is 0 Å². The molecule has 0 bridgehead atoms. The number of amides is 1. The first-order chi connectivity index (χ1) is 8.74. The first kappa shape index (κ1) is 10.9. The second-order valence-electron chi connectivity index (χ2n) is 4.28. The first-order valence-electron chi connectivity index (χ1n) is 5.66. The van der Waals surface area contributed by atoms with Crippen LogP contribution in [0.15, 0.2) is 36.9 Å². The van der Waals surface area contributed by atoms with Crippen LogP contribution in [-0.4, -0.2) is 49.9 Å². The van der Waals surface area contributed by atoms with Gasteiger partial charge in [-0.05, 0) is 24.3 Å². The Morgan fingerprint density at radius 3 is 2.33 bits per heavy atom. The highest BCUT2D eigenvalue weighted by Gasteiger charge is 2.29. The van der Waals surface area contributed by atoms with Crippen molar-refractivity contribution < 1.29 is 9.90 Å². The van der Waals surface area contributed by atoms with Crippen molar-refractivity contribution in [2.45, 2.75) is 6.10 Å². The fraction of sp³-hybridized carbons (Fsp3) is 0.250. The van der Waals surface area contributed by atoms with E-state index < -0.39 is 0 Å². The summed E-state index contributed by atoms with van der Waals surface area (Å²) in [7, 11) is 0. The van der Waals surface area contributed by atoms with E-state index >= 15 is 0 Å². The molecule has 2 aromatic rings. The van der Waals surface area contributed by atoms with Crippen molar-refractivity contribution in [2.75, 3.05) is 13.1 Å². The van der Waals surface area contributed by atoms with Crippen molar-refractivity contribution in [1.82, 2.24) is 19.7 Å². The Balaban J connectivity index is 1.77. The van der Waals surface area contributed by atoms with Crippen LogP contribution in [-0.2, 0) is 0 Å². The molecule has 1 saturated heterocycles. The molecule has 1 fully saturated rings. The molecule has 2 heterocycles. The van der Waals surface area contributed by atoms with Crippen LogP contribution in [0.1, 0.15) is 10.4 Å². The Bertz CT molecular complexity index is 544. The van der Waals surface area contributed by atoms with Gasteiger partial charge in [-0.2, -0.15) is 0 Å². The van der Waals surface area contributed by atoms with Gasteiger partial charge in [0.2, 0.25) is 0 Å². The van der Waals surface area contributed by atoms with Crippen LogP contribution in [0.3, 0.4) is 0 Å². The largest absolute Gasteiger partial charge is 0.389 e. The molecular weight excluding hydrogens is 232 g/mol. The first-order valence-corrected chi connectivity index (χ1v) is 5.66. The molecule has 6 nitrogen and oxygen atoms in total. The predicted octanol–water partition coefficient (Wildman–Crippen LogP) is 0.0840. The van der Waals surface area contributed by atoms with Crippen LogP contribution in [0.25, 0.3) is 5.69 Å². The number of aliphatic hydroxyl groups is 1. The molecule has 0 saturated carbocycles. The van der Waals surface area contributed by atoms with Gasteiger partial charge in [-0.25, -0.2) is 0 Å². The molecule has 6 heteroatoms. The Kier molecular flexibility index (Phi) is 2.56. The lowest BCUT2D eigenvalue weighted by Gasteiger charge is -2.35. The number of carbonyl (C=O) groups excluding carboxylic acids is 1. The summed E-state index contributed by atoms with van der Waals surface area (Å²) in [6, 6.07) is 7.21. The average molecular weight is 244 g/mol. The summed E-state index contributed by atoms with van der Waals surface area (Å²) < 4.78 is 1.77. The van der Waals surface area contributed by atoms with E-state index in [9.17, 15) is 9.90 Å².